The second-order valence-corrected chi connectivity index (χ2v) is 6.70. The Morgan fingerprint density at radius 2 is 1.96 bits per heavy atom. The van der Waals surface area contributed by atoms with E-state index in [9.17, 15) is 9.59 Å². The van der Waals surface area contributed by atoms with Crippen LogP contribution in [0.1, 0.15) is 30.6 Å². The number of ketones is 1. The van der Waals surface area contributed by atoms with E-state index in [0.717, 1.165) is 5.16 Å². The zero-order chi connectivity index (χ0) is 16.8. The van der Waals surface area contributed by atoms with Crippen molar-refractivity contribution >= 4 is 29.1 Å². The molecular weight excluding hydrogens is 310 g/mol. The number of thioether (sulfide) groups is 1. The number of aromatic nitrogens is 2. The van der Waals surface area contributed by atoms with Crippen molar-refractivity contribution < 1.29 is 9.59 Å². The fraction of sp³-hybridized carbons (Fsp3) is 0.353. The third-order valence-corrected chi connectivity index (χ3v) is 4.25. The summed E-state index contributed by atoms with van der Waals surface area (Å²) in [6.45, 7) is 4.00. The van der Waals surface area contributed by atoms with Crippen molar-refractivity contribution in [3.63, 3.8) is 0 Å². The molecule has 1 aromatic heterocycles. The number of hydrogen-bond acceptors (Lipinski definition) is 4. The number of Topliss-reactive ketones (excluding diaryl/α,β-unsaturated/α-hetero) is 1. The summed E-state index contributed by atoms with van der Waals surface area (Å²) in [6.07, 6.45) is 4.05. The number of hydrogen-bond donors (Lipinski definition) is 1. The van der Waals surface area contributed by atoms with Gasteiger partial charge in [-0.3, -0.25) is 9.59 Å². The van der Waals surface area contributed by atoms with Crippen LogP contribution in [0.5, 0.6) is 0 Å². The highest BCUT2D eigenvalue weighted by molar-refractivity contribution is 7.99. The van der Waals surface area contributed by atoms with Gasteiger partial charge in [0, 0.05) is 37.1 Å². The molecule has 0 unspecified atom stereocenters. The Morgan fingerprint density at radius 1 is 1.26 bits per heavy atom. The number of carbonyl (C=O) groups is 2. The molecular formula is C17H21N3O2S. The number of anilines is 1. The first kappa shape index (κ1) is 17.3. The topological polar surface area (TPSA) is 64.0 Å². The van der Waals surface area contributed by atoms with Gasteiger partial charge < -0.3 is 9.88 Å². The average Bonchev–Trinajstić information content (AvgIpc) is 2.90. The molecule has 0 aliphatic rings. The van der Waals surface area contributed by atoms with Crippen molar-refractivity contribution in [3.8, 4) is 0 Å². The highest BCUT2D eigenvalue weighted by Crippen LogP contribution is 2.18. The third kappa shape index (κ3) is 5.25. The van der Waals surface area contributed by atoms with Crippen molar-refractivity contribution in [3.05, 3.63) is 42.2 Å². The number of carbonyl (C=O) groups excluding carboxylic acids is 2. The first-order valence-electron chi connectivity index (χ1n) is 7.49. The van der Waals surface area contributed by atoms with Crippen LogP contribution < -0.4 is 5.32 Å². The van der Waals surface area contributed by atoms with Crippen LogP contribution in [0.2, 0.25) is 0 Å². The summed E-state index contributed by atoms with van der Waals surface area (Å²) in [7, 11) is 1.90. The van der Waals surface area contributed by atoms with E-state index in [2.05, 4.69) is 10.3 Å². The maximum atomic E-state index is 12.2. The first-order valence-corrected chi connectivity index (χ1v) is 8.47. The van der Waals surface area contributed by atoms with Gasteiger partial charge in [-0.2, -0.15) is 0 Å². The van der Waals surface area contributed by atoms with Gasteiger partial charge in [0.25, 0.3) is 0 Å². The Kier molecular flexibility index (Phi) is 5.98. The van der Waals surface area contributed by atoms with Gasteiger partial charge in [-0.15, -0.1) is 0 Å². The Balaban J connectivity index is 1.89. The summed E-state index contributed by atoms with van der Waals surface area (Å²) < 4.78 is 1.88. The van der Waals surface area contributed by atoms with E-state index in [1.807, 2.05) is 31.7 Å². The summed E-state index contributed by atoms with van der Waals surface area (Å²) in [5.74, 6) is 0.686. The molecule has 0 spiro atoms. The summed E-state index contributed by atoms with van der Waals surface area (Å²) >= 11 is 1.41. The average molecular weight is 331 g/mol. The van der Waals surface area contributed by atoms with Crippen molar-refractivity contribution in [2.24, 2.45) is 13.0 Å². The lowest BCUT2D eigenvalue weighted by Crippen LogP contribution is -2.14. The lowest BCUT2D eigenvalue weighted by molar-refractivity contribution is -0.116. The van der Waals surface area contributed by atoms with Crippen LogP contribution in [0.15, 0.2) is 41.8 Å². The molecule has 1 amide bonds. The van der Waals surface area contributed by atoms with Gasteiger partial charge in [0.05, 0.1) is 5.75 Å². The number of benzene rings is 1. The number of amides is 1. The quantitative estimate of drug-likeness (QED) is 0.624. The molecule has 0 radical (unpaired) electrons. The SMILES string of the molecule is CC(C)CC(=O)Nc1ccc(C(=O)CSc2nccn2C)cc1. The molecule has 6 heteroatoms. The highest BCUT2D eigenvalue weighted by atomic mass is 32.2. The van der Waals surface area contributed by atoms with Gasteiger partial charge >= 0.3 is 0 Å². The second-order valence-electron chi connectivity index (χ2n) is 5.76. The molecule has 2 aromatic rings. The lowest BCUT2D eigenvalue weighted by atomic mass is 10.1. The standard InChI is InChI=1S/C17H21N3O2S/c1-12(2)10-16(22)19-14-6-4-13(5-7-14)15(21)11-23-17-18-8-9-20(17)3/h4-9,12H,10-11H2,1-3H3,(H,19,22). The summed E-state index contributed by atoms with van der Waals surface area (Å²) in [5.41, 5.74) is 1.34. The Morgan fingerprint density at radius 3 is 2.52 bits per heavy atom. The zero-order valence-electron chi connectivity index (χ0n) is 13.6. The van der Waals surface area contributed by atoms with Crippen LogP contribution in [0.3, 0.4) is 0 Å². The van der Waals surface area contributed by atoms with E-state index in [1.165, 1.54) is 11.8 Å². The van der Waals surface area contributed by atoms with E-state index in [0.29, 0.717) is 29.3 Å². The Hall–Kier alpha value is -2.08. The molecule has 2 rings (SSSR count). The third-order valence-electron chi connectivity index (χ3n) is 3.19. The molecule has 0 saturated carbocycles. The molecule has 23 heavy (non-hydrogen) atoms. The van der Waals surface area contributed by atoms with Gasteiger partial charge in [0.1, 0.15) is 0 Å². The largest absolute Gasteiger partial charge is 0.329 e. The molecule has 1 heterocycles. The van der Waals surface area contributed by atoms with Gasteiger partial charge in [-0.25, -0.2) is 4.98 Å². The van der Waals surface area contributed by atoms with Crippen molar-refractivity contribution in [2.75, 3.05) is 11.1 Å². The molecule has 0 aliphatic heterocycles. The lowest BCUT2D eigenvalue weighted by Gasteiger charge is -2.08. The van der Waals surface area contributed by atoms with Gasteiger partial charge in [0.15, 0.2) is 10.9 Å². The van der Waals surface area contributed by atoms with Crippen LogP contribution in [-0.2, 0) is 11.8 Å². The van der Waals surface area contributed by atoms with Crippen LogP contribution in [0.25, 0.3) is 0 Å². The van der Waals surface area contributed by atoms with Gasteiger partial charge in [0.2, 0.25) is 5.91 Å². The normalized spacial score (nSPS) is 10.8. The molecule has 0 atom stereocenters. The summed E-state index contributed by atoms with van der Waals surface area (Å²) in [5, 5.41) is 3.65. The minimum absolute atomic E-state index is 0.00980. The van der Waals surface area contributed by atoms with Gasteiger partial charge in [-0.1, -0.05) is 25.6 Å². The number of imidazole rings is 1. The molecule has 0 fully saturated rings. The van der Waals surface area contributed by atoms with Gasteiger partial charge in [-0.05, 0) is 30.2 Å². The van der Waals surface area contributed by atoms with E-state index >= 15 is 0 Å². The molecule has 5 nitrogen and oxygen atoms in total. The van der Waals surface area contributed by atoms with E-state index in [4.69, 9.17) is 0 Å². The minimum atomic E-state index is -0.00980. The number of rotatable bonds is 7. The molecule has 1 N–H and O–H groups in total. The molecule has 0 bridgehead atoms. The first-order chi connectivity index (χ1) is 11.0. The van der Waals surface area contributed by atoms with Crippen molar-refractivity contribution in [2.45, 2.75) is 25.4 Å². The summed E-state index contributed by atoms with van der Waals surface area (Å²) in [4.78, 5) is 28.1. The predicted molar refractivity (Wildman–Crippen MR) is 92.8 cm³/mol. The Bertz CT molecular complexity index is 677. The van der Waals surface area contributed by atoms with Crippen molar-refractivity contribution in [1.82, 2.24) is 9.55 Å². The molecule has 1 aromatic carbocycles. The molecule has 0 aliphatic carbocycles. The zero-order valence-corrected chi connectivity index (χ0v) is 14.4. The van der Waals surface area contributed by atoms with Crippen LogP contribution in [-0.4, -0.2) is 27.0 Å². The van der Waals surface area contributed by atoms with Crippen molar-refractivity contribution in [1.29, 1.82) is 0 Å². The monoisotopic (exact) mass is 331 g/mol. The van der Waals surface area contributed by atoms with E-state index < -0.39 is 0 Å². The second kappa shape index (κ2) is 7.97. The predicted octanol–water partition coefficient (Wildman–Crippen LogP) is 3.38. The molecule has 0 saturated heterocycles. The molecule has 122 valence electrons. The van der Waals surface area contributed by atoms with Crippen LogP contribution >= 0.6 is 11.8 Å². The van der Waals surface area contributed by atoms with E-state index in [-0.39, 0.29) is 11.7 Å². The number of nitrogens with one attached hydrogen (secondary N) is 1. The maximum Gasteiger partial charge on any atom is 0.224 e. The Labute approximate surface area is 140 Å². The fourth-order valence-corrected chi connectivity index (χ4v) is 2.85. The smallest absolute Gasteiger partial charge is 0.224 e. The minimum Gasteiger partial charge on any atom is -0.329 e. The summed E-state index contributed by atoms with van der Waals surface area (Å²) in [6, 6.07) is 7.01. The van der Waals surface area contributed by atoms with E-state index in [1.54, 1.807) is 30.5 Å². The highest BCUT2D eigenvalue weighted by Gasteiger charge is 2.10. The number of nitrogens with zero attached hydrogens (tertiary/aromatic N) is 2. The number of aryl methyl sites for hydroxylation is 1. The van der Waals surface area contributed by atoms with Crippen LogP contribution in [0, 0.1) is 5.92 Å². The maximum absolute atomic E-state index is 12.2. The van der Waals surface area contributed by atoms with Crippen LogP contribution in [0.4, 0.5) is 5.69 Å². The fourth-order valence-electron chi connectivity index (χ4n) is 2.03.